The number of nitrogens with zero attached hydrogens (tertiary/aromatic N) is 2. The molecule has 3 atom stereocenters. The van der Waals surface area contributed by atoms with Crippen molar-refractivity contribution in [2.75, 3.05) is 12.3 Å². The van der Waals surface area contributed by atoms with Crippen LogP contribution in [-0.4, -0.2) is 25.2 Å². The zero-order valence-electron chi connectivity index (χ0n) is 9.87. The lowest BCUT2D eigenvalue weighted by Crippen LogP contribution is -2.31. The van der Waals surface area contributed by atoms with Crippen LogP contribution in [0.2, 0.25) is 0 Å². The lowest BCUT2D eigenvalue weighted by atomic mass is 9.89. The van der Waals surface area contributed by atoms with Crippen LogP contribution in [0, 0.1) is 17.8 Å². The van der Waals surface area contributed by atoms with Gasteiger partial charge in [0.2, 0.25) is 9.47 Å². The number of hydrogen-bond acceptors (Lipinski definition) is 6. The number of anilines is 1. The van der Waals surface area contributed by atoms with E-state index >= 15 is 0 Å². The average molecular weight is 288 g/mol. The predicted octanol–water partition coefficient (Wildman–Crippen LogP) is 0.835. The first-order valence-corrected chi connectivity index (χ1v) is 8.43. The van der Waals surface area contributed by atoms with Gasteiger partial charge in [0, 0.05) is 6.54 Å². The van der Waals surface area contributed by atoms with Crippen molar-refractivity contribution in [1.82, 2.24) is 14.9 Å². The number of fused-ring (bicyclic) bond motifs is 2. The third kappa shape index (κ3) is 2.24. The summed E-state index contributed by atoms with van der Waals surface area (Å²) >= 11 is 0.898. The van der Waals surface area contributed by atoms with Gasteiger partial charge in [-0.05, 0) is 37.0 Å². The maximum absolute atomic E-state index is 11.9. The second-order valence-corrected chi connectivity index (χ2v) is 8.14. The minimum absolute atomic E-state index is 0.0387. The monoisotopic (exact) mass is 288 g/mol. The fourth-order valence-electron chi connectivity index (χ4n) is 3.23. The first-order valence-electron chi connectivity index (χ1n) is 6.13. The van der Waals surface area contributed by atoms with E-state index in [1.165, 1.54) is 19.3 Å². The van der Waals surface area contributed by atoms with E-state index in [-0.39, 0.29) is 9.47 Å². The first-order chi connectivity index (χ1) is 8.54. The molecule has 1 heterocycles. The van der Waals surface area contributed by atoms with Gasteiger partial charge in [0.25, 0.3) is 10.0 Å². The van der Waals surface area contributed by atoms with Crippen molar-refractivity contribution in [2.45, 2.75) is 30.0 Å². The molecule has 3 unspecified atom stereocenters. The fourth-order valence-corrected chi connectivity index (χ4v) is 5.15. The van der Waals surface area contributed by atoms with Gasteiger partial charge >= 0.3 is 0 Å². The second-order valence-electron chi connectivity index (χ2n) is 5.19. The lowest BCUT2D eigenvalue weighted by molar-refractivity contribution is 0.333. The predicted molar refractivity (Wildman–Crippen MR) is 68.4 cm³/mol. The second kappa shape index (κ2) is 4.43. The van der Waals surface area contributed by atoms with Crippen LogP contribution in [0.3, 0.4) is 0 Å². The molecule has 0 amide bonds. The summed E-state index contributed by atoms with van der Waals surface area (Å²) in [4.78, 5) is 0. The van der Waals surface area contributed by atoms with Crippen molar-refractivity contribution in [1.29, 1.82) is 0 Å². The van der Waals surface area contributed by atoms with E-state index in [0.717, 1.165) is 23.7 Å². The van der Waals surface area contributed by atoms with Crippen LogP contribution in [0.25, 0.3) is 0 Å². The Kier molecular flexibility index (Phi) is 3.03. The van der Waals surface area contributed by atoms with Gasteiger partial charge in [0.1, 0.15) is 0 Å². The third-order valence-corrected chi connectivity index (χ3v) is 6.62. The van der Waals surface area contributed by atoms with E-state index in [1.54, 1.807) is 0 Å². The summed E-state index contributed by atoms with van der Waals surface area (Å²) in [6, 6.07) is 0. The highest BCUT2D eigenvalue weighted by atomic mass is 32.2. The highest BCUT2D eigenvalue weighted by Crippen LogP contribution is 2.48. The van der Waals surface area contributed by atoms with Crippen molar-refractivity contribution in [3.63, 3.8) is 0 Å². The molecule has 2 saturated carbocycles. The van der Waals surface area contributed by atoms with Crippen molar-refractivity contribution >= 4 is 26.5 Å². The van der Waals surface area contributed by atoms with Crippen LogP contribution in [0.15, 0.2) is 4.34 Å². The van der Waals surface area contributed by atoms with E-state index in [4.69, 9.17) is 5.73 Å². The maximum Gasteiger partial charge on any atom is 0.269 e. The summed E-state index contributed by atoms with van der Waals surface area (Å²) < 4.78 is 26.5. The topological polar surface area (TPSA) is 98.0 Å². The highest BCUT2D eigenvalue weighted by Gasteiger charge is 2.39. The quantitative estimate of drug-likeness (QED) is 0.855. The zero-order valence-corrected chi connectivity index (χ0v) is 11.5. The summed E-state index contributed by atoms with van der Waals surface area (Å²) in [5.74, 6) is 2.02. The molecule has 18 heavy (non-hydrogen) atoms. The summed E-state index contributed by atoms with van der Waals surface area (Å²) in [7, 11) is -3.53. The average Bonchev–Trinajstić information content (AvgIpc) is 3.01. The van der Waals surface area contributed by atoms with Gasteiger partial charge in [-0.3, -0.25) is 0 Å². The molecule has 2 aliphatic carbocycles. The van der Waals surface area contributed by atoms with Crippen LogP contribution in [0.5, 0.6) is 0 Å². The Morgan fingerprint density at radius 2 is 2.17 bits per heavy atom. The molecule has 0 aliphatic heterocycles. The van der Waals surface area contributed by atoms with Crippen molar-refractivity contribution in [3.05, 3.63) is 0 Å². The van der Waals surface area contributed by atoms with Crippen LogP contribution in [-0.2, 0) is 10.0 Å². The Hall–Kier alpha value is -0.730. The lowest BCUT2D eigenvalue weighted by Gasteiger charge is -2.21. The minimum atomic E-state index is -3.53. The van der Waals surface area contributed by atoms with Gasteiger partial charge in [0.15, 0.2) is 0 Å². The Bertz CT molecular complexity index is 542. The number of nitrogen functional groups attached to an aromatic ring is 1. The van der Waals surface area contributed by atoms with E-state index in [1.807, 2.05) is 0 Å². The smallest absolute Gasteiger partial charge is 0.269 e. The number of hydrogen-bond donors (Lipinski definition) is 2. The minimum Gasteiger partial charge on any atom is -0.374 e. The summed E-state index contributed by atoms with van der Waals surface area (Å²) in [6.07, 6.45) is 5.01. The fraction of sp³-hybridized carbons (Fsp3) is 0.800. The molecule has 2 aliphatic rings. The number of nitrogens with two attached hydrogens (primary N) is 1. The van der Waals surface area contributed by atoms with Gasteiger partial charge in [-0.1, -0.05) is 17.8 Å². The molecule has 3 rings (SSSR count). The van der Waals surface area contributed by atoms with Gasteiger partial charge in [-0.2, -0.15) is 0 Å². The van der Waals surface area contributed by atoms with Crippen LogP contribution in [0.1, 0.15) is 25.7 Å². The number of aromatic nitrogens is 2. The van der Waals surface area contributed by atoms with Crippen LogP contribution >= 0.6 is 11.3 Å². The molecule has 1 aromatic heterocycles. The van der Waals surface area contributed by atoms with Crippen LogP contribution < -0.4 is 10.5 Å². The molecule has 0 radical (unpaired) electrons. The largest absolute Gasteiger partial charge is 0.374 e. The zero-order chi connectivity index (χ0) is 12.8. The van der Waals surface area contributed by atoms with E-state index in [2.05, 4.69) is 14.9 Å². The first kappa shape index (κ1) is 12.3. The van der Waals surface area contributed by atoms with E-state index in [0.29, 0.717) is 18.4 Å². The molecule has 8 heteroatoms. The van der Waals surface area contributed by atoms with Crippen molar-refractivity contribution in [3.8, 4) is 0 Å². The Morgan fingerprint density at radius 3 is 2.72 bits per heavy atom. The summed E-state index contributed by atoms with van der Waals surface area (Å²) in [5.41, 5.74) is 5.40. The Morgan fingerprint density at radius 1 is 1.33 bits per heavy atom. The normalized spacial score (nSPS) is 31.0. The van der Waals surface area contributed by atoms with Crippen LogP contribution in [0.4, 0.5) is 5.13 Å². The maximum atomic E-state index is 11.9. The molecule has 100 valence electrons. The summed E-state index contributed by atoms with van der Waals surface area (Å²) in [6.45, 7) is 0.517. The van der Waals surface area contributed by atoms with E-state index in [9.17, 15) is 8.42 Å². The van der Waals surface area contributed by atoms with Crippen molar-refractivity contribution in [2.24, 2.45) is 17.8 Å². The summed E-state index contributed by atoms with van der Waals surface area (Å²) in [5, 5.41) is 7.28. The van der Waals surface area contributed by atoms with Gasteiger partial charge in [-0.15, -0.1) is 10.2 Å². The Balaban J connectivity index is 1.63. The number of sulfonamides is 1. The molecule has 2 bridgehead atoms. The van der Waals surface area contributed by atoms with Gasteiger partial charge < -0.3 is 5.73 Å². The van der Waals surface area contributed by atoms with E-state index < -0.39 is 10.0 Å². The molecule has 0 saturated heterocycles. The molecule has 0 aromatic carbocycles. The molecule has 2 fully saturated rings. The number of nitrogens with one attached hydrogen (secondary N) is 1. The third-order valence-electron chi connectivity index (χ3n) is 4.07. The molecule has 3 N–H and O–H groups in total. The van der Waals surface area contributed by atoms with Gasteiger partial charge in [-0.25, -0.2) is 13.1 Å². The Labute approximate surface area is 110 Å². The molecule has 1 aromatic rings. The SMILES string of the molecule is Nc1nnc(S(=O)(=O)NCC2CC3CCC2C3)s1. The number of rotatable bonds is 4. The van der Waals surface area contributed by atoms with Crippen molar-refractivity contribution < 1.29 is 8.42 Å². The molecular weight excluding hydrogens is 272 g/mol. The molecule has 0 spiro atoms. The molecular formula is C10H16N4O2S2. The molecule has 6 nitrogen and oxygen atoms in total. The van der Waals surface area contributed by atoms with Gasteiger partial charge in [0.05, 0.1) is 0 Å². The standard InChI is InChI=1S/C10H16N4O2S2/c11-9-13-14-10(17-9)18(15,16)12-5-8-4-6-1-2-7(8)3-6/h6-8,12H,1-5H2,(H2,11,13). The highest BCUT2D eigenvalue weighted by molar-refractivity contribution is 7.91.